The Morgan fingerprint density at radius 3 is 2.27 bits per heavy atom. The highest BCUT2D eigenvalue weighted by Crippen LogP contribution is 2.50. The maximum atomic E-state index is 12.7. The maximum absolute atomic E-state index is 12.7. The molecule has 198 valence electrons. The number of ether oxygens (including phenoxy) is 4. The van der Waals surface area contributed by atoms with Crippen LogP contribution in [-0.4, -0.2) is 61.2 Å². The third-order valence-electron chi connectivity index (χ3n) is 5.76. The van der Waals surface area contributed by atoms with Crippen LogP contribution in [0.1, 0.15) is 50.5 Å². The fourth-order valence-corrected chi connectivity index (χ4v) is 4.31. The zero-order valence-corrected chi connectivity index (χ0v) is 21.9. The van der Waals surface area contributed by atoms with Crippen LogP contribution in [0.2, 0.25) is 0 Å². The predicted molar refractivity (Wildman–Crippen MR) is 134 cm³/mol. The van der Waals surface area contributed by atoms with Gasteiger partial charge in [-0.1, -0.05) is 18.2 Å². The number of nitrogens with zero attached hydrogens (tertiary/aromatic N) is 1. The number of amides is 2. The van der Waals surface area contributed by atoms with Crippen molar-refractivity contribution in [3.8, 4) is 28.4 Å². The molecule has 0 atom stereocenters. The summed E-state index contributed by atoms with van der Waals surface area (Å²) in [4.78, 5) is 51.1. The molecule has 0 saturated carbocycles. The summed E-state index contributed by atoms with van der Waals surface area (Å²) < 4.78 is 21.7. The normalized spacial score (nSPS) is 11.9. The van der Waals surface area contributed by atoms with E-state index in [1.54, 1.807) is 30.3 Å². The highest BCUT2D eigenvalue weighted by molar-refractivity contribution is 6.35. The Bertz CT molecular complexity index is 1200. The van der Waals surface area contributed by atoms with Crippen LogP contribution in [0.4, 0.5) is 0 Å². The number of carbonyl (C=O) groups is 4. The van der Waals surface area contributed by atoms with E-state index in [2.05, 4.69) is 5.32 Å². The van der Waals surface area contributed by atoms with Gasteiger partial charge in [-0.15, -0.1) is 0 Å². The molecule has 3 rings (SSSR count). The first-order valence-corrected chi connectivity index (χ1v) is 12.0. The highest BCUT2D eigenvalue weighted by Gasteiger charge is 2.30. The van der Waals surface area contributed by atoms with Gasteiger partial charge in [-0.2, -0.15) is 0 Å². The van der Waals surface area contributed by atoms with Crippen LogP contribution in [-0.2, 0) is 25.5 Å². The second kappa shape index (κ2) is 11.8. The Kier molecular flexibility index (Phi) is 8.75. The van der Waals surface area contributed by atoms with Crippen LogP contribution >= 0.6 is 0 Å². The predicted octanol–water partition coefficient (Wildman–Crippen LogP) is 3.10. The van der Waals surface area contributed by atoms with Crippen molar-refractivity contribution in [2.45, 2.75) is 53.1 Å². The molecule has 10 heteroatoms. The van der Waals surface area contributed by atoms with Gasteiger partial charge in [-0.3, -0.25) is 14.4 Å². The summed E-state index contributed by atoms with van der Waals surface area (Å²) in [5.74, 6) is -1.75. The second-order valence-corrected chi connectivity index (χ2v) is 9.01. The standard InChI is InChI=1S/C27H32N2O8/c1-15(2)29(16(3)4)26(32)25(31)28-12-11-18-13-21(19-9-7-8-10-20(19)27(33)34-6)23-24(36-14-35-23)22(18)37-17(5)30/h7-10,13,15-16H,11-12,14H2,1-6H3,(H,28,31). The van der Waals surface area contributed by atoms with Gasteiger partial charge < -0.3 is 29.2 Å². The number of hydrogen-bond donors (Lipinski definition) is 1. The van der Waals surface area contributed by atoms with Crippen molar-refractivity contribution in [1.82, 2.24) is 10.2 Å². The van der Waals surface area contributed by atoms with Crippen LogP contribution in [0, 0.1) is 0 Å². The molecule has 0 saturated heterocycles. The molecular formula is C27H32N2O8. The number of fused-ring (bicyclic) bond motifs is 1. The summed E-state index contributed by atoms with van der Waals surface area (Å²) in [7, 11) is 1.29. The van der Waals surface area contributed by atoms with Gasteiger partial charge in [0.05, 0.1) is 12.7 Å². The minimum atomic E-state index is -0.728. The molecule has 0 radical (unpaired) electrons. The SMILES string of the molecule is COC(=O)c1ccccc1-c1cc(CCNC(=O)C(=O)N(C(C)C)C(C)C)c(OC(C)=O)c2c1OCO2. The van der Waals surface area contributed by atoms with Crippen LogP contribution in [0.5, 0.6) is 17.2 Å². The van der Waals surface area contributed by atoms with Crippen LogP contribution in [0.3, 0.4) is 0 Å². The molecule has 2 aromatic rings. The molecule has 0 spiro atoms. The lowest BCUT2D eigenvalue weighted by Gasteiger charge is -2.30. The van der Waals surface area contributed by atoms with Crippen molar-refractivity contribution in [3.63, 3.8) is 0 Å². The maximum Gasteiger partial charge on any atom is 0.338 e. The molecule has 1 aliphatic rings. The van der Waals surface area contributed by atoms with Gasteiger partial charge in [0.25, 0.3) is 0 Å². The number of hydrogen-bond acceptors (Lipinski definition) is 8. The van der Waals surface area contributed by atoms with E-state index < -0.39 is 23.8 Å². The zero-order valence-electron chi connectivity index (χ0n) is 21.9. The van der Waals surface area contributed by atoms with Crippen LogP contribution < -0.4 is 19.5 Å². The minimum Gasteiger partial charge on any atom is -0.465 e. The molecule has 0 aromatic heterocycles. The van der Waals surface area contributed by atoms with Crippen molar-refractivity contribution in [3.05, 3.63) is 41.5 Å². The molecule has 1 heterocycles. The van der Waals surface area contributed by atoms with E-state index in [0.717, 1.165) is 0 Å². The number of esters is 2. The number of methoxy groups -OCH3 is 1. The van der Waals surface area contributed by atoms with Crippen molar-refractivity contribution < 1.29 is 38.1 Å². The third-order valence-corrected chi connectivity index (χ3v) is 5.76. The number of benzene rings is 2. The van der Waals surface area contributed by atoms with Crippen molar-refractivity contribution in [1.29, 1.82) is 0 Å². The first-order chi connectivity index (χ1) is 17.6. The second-order valence-electron chi connectivity index (χ2n) is 9.01. The van der Waals surface area contributed by atoms with Crippen molar-refractivity contribution >= 4 is 23.8 Å². The Morgan fingerprint density at radius 2 is 1.65 bits per heavy atom. The number of carbonyl (C=O) groups excluding carboxylic acids is 4. The van der Waals surface area contributed by atoms with E-state index in [4.69, 9.17) is 18.9 Å². The fraction of sp³-hybridized carbons (Fsp3) is 0.407. The lowest BCUT2D eigenvalue weighted by atomic mass is 9.95. The molecule has 2 amide bonds. The topological polar surface area (TPSA) is 120 Å². The summed E-state index contributed by atoms with van der Waals surface area (Å²) in [6, 6.07) is 8.29. The largest absolute Gasteiger partial charge is 0.465 e. The first-order valence-electron chi connectivity index (χ1n) is 12.0. The van der Waals surface area contributed by atoms with E-state index in [-0.39, 0.29) is 43.3 Å². The Hall–Kier alpha value is -4.08. The first kappa shape index (κ1) is 27.5. The summed E-state index contributed by atoms with van der Waals surface area (Å²) >= 11 is 0. The third kappa shape index (κ3) is 6.02. The van der Waals surface area contributed by atoms with E-state index in [0.29, 0.717) is 28.0 Å². The molecule has 0 unspecified atom stereocenters. The van der Waals surface area contributed by atoms with Crippen molar-refractivity contribution in [2.24, 2.45) is 0 Å². The molecule has 0 bridgehead atoms. The lowest BCUT2D eigenvalue weighted by molar-refractivity contribution is -0.148. The molecule has 2 aromatic carbocycles. The van der Waals surface area contributed by atoms with E-state index in [1.165, 1.54) is 18.9 Å². The Labute approximate surface area is 215 Å². The molecule has 1 aliphatic heterocycles. The molecule has 37 heavy (non-hydrogen) atoms. The number of nitrogens with one attached hydrogen (secondary N) is 1. The molecule has 1 N–H and O–H groups in total. The quantitative estimate of drug-likeness (QED) is 0.326. The van der Waals surface area contributed by atoms with E-state index in [1.807, 2.05) is 27.7 Å². The van der Waals surface area contributed by atoms with Gasteiger partial charge in [0.1, 0.15) is 0 Å². The molecule has 10 nitrogen and oxygen atoms in total. The summed E-state index contributed by atoms with van der Waals surface area (Å²) in [6.45, 7) is 8.62. The number of rotatable bonds is 8. The van der Waals surface area contributed by atoms with E-state index in [9.17, 15) is 19.2 Å². The average Bonchev–Trinajstić information content (AvgIpc) is 3.34. The van der Waals surface area contributed by atoms with Gasteiger partial charge in [0.2, 0.25) is 12.5 Å². The Morgan fingerprint density at radius 1 is 1.00 bits per heavy atom. The van der Waals surface area contributed by atoms with Gasteiger partial charge in [0.15, 0.2) is 11.5 Å². The van der Waals surface area contributed by atoms with Crippen LogP contribution in [0.15, 0.2) is 30.3 Å². The van der Waals surface area contributed by atoms with Gasteiger partial charge in [-0.25, -0.2) is 4.79 Å². The smallest absolute Gasteiger partial charge is 0.338 e. The summed E-state index contributed by atoms with van der Waals surface area (Å²) in [5, 5.41) is 2.65. The minimum absolute atomic E-state index is 0.0839. The zero-order chi connectivity index (χ0) is 27.3. The average molecular weight is 513 g/mol. The van der Waals surface area contributed by atoms with Crippen LogP contribution in [0.25, 0.3) is 11.1 Å². The summed E-state index contributed by atoms with van der Waals surface area (Å²) in [5.41, 5.74) is 1.91. The van der Waals surface area contributed by atoms with Gasteiger partial charge in [0, 0.05) is 42.2 Å². The molecule has 0 fully saturated rings. The van der Waals surface area contributed by atoms with E-state index >= 15 is 0 Å². The Balaban J connectivity index is 1.97. The lowest BCUT2D eigenvalue weighted by Crippen LogP contribution is -2.49. The molecule has 0 aliphatic carbocycles. The van der Waals surface area contributed by atoms with Crippen molar-refractivity contribution in [2.75, 3.05) is 20.4 Å². The highest BCUT2D eigenvalue weighted by atomic mass is 16.7. The van der Waals surface area contributed by atoms with Gasteiger partial charge >= 0.3 is 23.8 Å². The van der Waals surface area contributed by atoms with Gasteiger partial charge in [-0.05, 0) is 46.2 Å². The monoisotopic (exact) mass is 512 g/mol. The molecular weight excluding hydrogens is 480 g/mol. The summed E-state index contributed by atoms with van der Waals surface area (Å²) in [6.07, 6.45) is 0.203. The fourth-order valence-electron chi connectivity index (χ4n) is 4.31.